The number of hydrogen-bond donors (Lipinski definition) is 2. The predicted octanol–water partition coefficient (Wildman–Crippen LogP) is 1.79. The van der Waals surface area contributed by atoms with Crippen molar-refractivity contribution in [1.82, 2.24) is 10.3 Å². The molecule has 1 aliphatic heterocycles. The first-order valence-electron chi connectivity index (χ1n) is 6.15. The Balaban J connectivity index is 2.03. The van der Waals surface area contributed by atoms with Gasteiger partial charge in [-0.3, -0.25) is 10.1 Å². The quantitative estimate of drug-likeness (QED) is 0.629. The zero-order valence-electron chi connectivity index (χ0n) is 10.5. The highest BCUT2D eigenvalue weighted by Crippen LogP contribution is 2.29. The third kappa shape index (κ3) is 2.95. The Bertz CT molecular complexity index is 430. The summed E-state index contributed by atoms with van der Waals surface area (Å²) in [6.45, 7) is 4.92. The fraction of sp³-hybridized carbons (Fsp3) is 0.583. The summed E-state index contributed by atoms with van der Waals surface area (Å²) in [6.07, 6.45) is 3.71. The topological polar surface area (TPSA) is 80.1 Å². The second-order valence-electron chi connectivity index (χ2n) is 5.04. The number of piperidine rings is 1. The minimum Gasteiger partial charge on any atom is -0.364 e. The fourth-order valence-corrected chi connectivity index (χ4v) is 2.18. The maximum absolute atomic E-state index is 10.9. The number of anilines is 1. The fourth-order valence-electron chi connectivity index (χ4n) is 2.18. The molecule has 1 aliphatic rings. The molecule has 0 radical (unpaired) electrons. The molecule has 2 heterocycles. The Morgan fingerprint density at radius 1 is 1.56 bits per heavy atom. The van der Waals surface area contributed by atoms with Crippen LogP contribution in [0.3, 0.4) is 0 Å². The van der Waals surface area contributed by atoms with Gasteiger partial charge in [-0.05, 0) is 37.4 Å². The van der Waals surface area contributed by atoms with Crippen molar-refractivity contribution in [2.45, 2.75) is 19.8 Å². The van der Waals surface area contributed by atoms with Crippen LogP contribution < -0.4 is 10.6 Å². The largest absolute Gasteiger partial charge is 0.364 e. The monoisotopic (exact) mass is 250 g/mol. The number of pyridine rings is 1. The summed E-state index contributed by atoms with van der Waals surface area (Å²) < 4.78 is 0. The van der Waals surface area contributed by atoms with Gasteiger partial charge in [0.15, 0.2) is 0 Å². The molecule has 6 nitrogen and oxygen atoms in total. The van der Waals surface area contributed by atoms with E-state index in [0.29, 0.717) is 12.4 Å². The van der Waals surface area contributed by atoms with E-state index in [9.17, 15) is 10.1 Å². The van der Waals surface area contributed by atoms with Gasteiger partial charge in [-0.15, -0.1) is 0 Å². The normalized spacial score (nSPS) is 18.3. The van der Waals surface area contributed by atoms with Crippen molar-refractivity contribution in [3.05, 3.63) is 28.4 Å². The van der Waals surface area contributed by atoms with Crippen molar-refractivity contribution >= 4 is 11.5 Å². The Morgan fingerprint density at radius 3 is 2.94 bits per heavy atom. The van der Waals surface area contributed by atoms with E-state index in [-0.39, 0.29) is 11.1 Å². The predicted molar refractivity (Wildman–Crippen MR) is 69.6 cm³/mol. The molecule has 1 fully saturated rings. The van der Waals surface area contributed by atoms with E-state index in [2.05, 4.69) is 22.5 Å². The Labute approximate surface area is 106 Å². The van der Waals surface area contributed by atoms with E-state index in [0.717, 1.165) is 25.9 Å². The van der Waals surface area contributed by atoms with Crippen molar-refractivity contribution < 1.29 is 4.92 Å². The summed E-state index contributed by atoms with van der Waals surface area (Å²) in [5.74, 6) is 0.363. The van der Waals surface area contributed by atoms with E-state index in [4.69, 9.17) is 0 Å². The summed E-state index contributed by atoms with van der Waals surface area (Å²) in [4.78, 5) is 14.5. The molecule has 0 saturated carbocycles. The SMILES string of the molecule is CC1(CNc2ncccc2[N+](=O)[O-])CCNCC1. The lowest BCUT2D eigenvalue weighted by atomic mass is 9.81. The van der Waals surface area contributed by atoms with Gasteiger partial charge >= 0.3 is 5.69 Å². The van der Waals surface area contributed by atoms with E-state index < -0.39 is 4.92 Å². The van der Waals surface area contributed by atoms with Crippen LogP contribution in [-0.4, -0.2) is 29.5 Å². The highest BCUT2D eigenvalue weighted by atomic mass is 16.6. The van der Waals surface area contributed by atoms with Gasteiger partial charge in [-0.2, -0.15) is 0 Å². The molecule has 18 heavy (non-hydrogen) atoms. The molecular weight excluding hydrogens is 232 g/mol. The van der Waals surface area contributed by atoms with E-state index in [1.807, 2.05) is 0 Å². The van der Waals surface area contributed by atoms with Gasteiger partial charge in [0.25, 0.3) is 0 Å². The van der Waals surface area contributed by atoms with Gasteiger partial charge in [-0.25, -0.2) is 4.98 Å². The third-order valence-corrected chi connectivity index (χ3v) is 3.48. The van der Waals surface area contributed by atoms with Crippen molar-refractivity contribution in [3.8, 4) is 0 Å². The number of hydrogen-bond acceptors (Lipinski definition) is 5. The smallest absolute Gasteiger partial charge is 0.311 e. The van der Waals surface area contributed by atoms with Crippen LogP contribution in [0.4, 0.5) is 11.5 Å². The molecule has 1 saturated heterocycles. The standard InChI is InChI=1S/C12H18N4O2/c1-12(4-7-13-8-5-12)9-15-11-10(16(17)18)3-2-6-14-11/h2-3,6,13H,4-5,7-9H2,1H3,(H,14,15). The maximum atomic E-state index is 10.9. The molecule has 0 aliphatic carbocycles. The van der Waals surface area contributed by atoms with Gasteiger partial charge in [0, 0.05) is 18.8 Å². The first-order valence-corrected chi connectivity index (χ1v) is 6.15. The number of nitro groups is 1. The minimum atomic E-state index is -0.403. The average Bonchev–Trinajstić information content (AvgIpc) is 2.38. The molecule has 0 atom stereocenters. The van der Waals surface area contributed by atoms with E-state index in [1.165, 1.54) is 6.07 Å². The molecule has 98 valence electrons. The molecule has 1 aromatic heterocycles. The first-order chi connectivity index (χ1) is 8.61. The zero-order valence-corrected chi connectivity index (χ0v) is 10.5. The average molecular weight is 250 g/mol. The molecular formula is C12H18N4O2. The van der Waals surface area contributed by atoms with Gasteiger partial charge < -0.3 is 10.6 Å². The molecule has 0 aromatic carbocycles. The molecule has 6 heteroatoms. The first kappa shape index (κ1) is 12.8. The molecule has 0 bridgehead atoms. The number of nitrogens with one attached hydrogen (secondary N) is 2. The van der Waals surface area contributed by atoms with Crippen LogP contribution in [0.2, 0.25) is 0 Å². The van der Waals surface area contributed by atoms with Crippen LogP contribution in [0, 0.1) is 15.5 Å². The Morgan fingerprint density at radius 2 is 2.28 bits per heavy atom. The lowest BCUT2D eigenvalue weighted by molar-refractivity contribution is -0.384. The van der Waals surface area contributed by atoms with Crippen LogP contribution in [0.5, 0.6) is 0 Å². The zero-order chi connectivity index (χ0) is 13.0. The molecule has 0 amide bonds. The Hall–Kier alpha value is -1.69. The number of rotatable bonds is 4. The number of nitrogens with zero attached hydrogens (tertiary/aromatic N) is 2. The van der Waals surface area contributed by atoms with Crippen molar-refractivity contribution in [2.24, 2.45) is 5.41 Å². The lowest BCUT2D eigenvalue weighted by Crippen LogP contribution is -2.39. The highest BCUT2D eigenvalue weighted by Gasteiger charge is 2.27. The highest BCUT2D eigenvalue weighted by molar-refractivity contribution is 5.55. The summed E-state index contributed by atoms with van der Waals surface area (Å²) in [6, 6.07) is 3.05. The summed E-state index contributed by atoms with van der Waals surface area (Å²) in [5, 5.41) is 17.3. The number of aromatic nitrogens is 1. The van der Waals surface area contributed by atoms with Crippen molar-refractivity contribution in [3.63, 3.8) is 0 Å². The lowest BCUT2D eigenvalue weighted by Gasteiger charge is -2.34. The van der Waals surface area contributed by atoms with Gasteiger partial charge in [-0.1, -0.05) is 6.92 Å². The van der Waals surface area contributed by atoms with Gasteiger partial charge in [0.2, 0.25) is 5.82 Å². The second-order valence-corrected chi connectivity index (χ2v) is 5.04. The molecule has 0 spiro atoms. The Kier molecular flexibility index (Phi) is 3.76. The van der Waals surface area contributed by atoms with Gasteiger partial charge in [0.05, 0.1) is 4.92 Å². The van der Waals surface area contributed by atoms with E-state index >= 15 is 0 Å². The summed E-state index contributed by atoms with van der Waals surface area (Å²) in [5.41, 5.74) is 0.214. The van der Waals surface area contributed by atoms with Crippen molar-refractivity contribution in [1.29, 1.82) is 0 Å². The van der Waals surface area contributed by atoms with Crippen LogP contribution >= 0.6 is 0 Å². The summed E-state index contributed by atoms with van der Waals surface area (Å²) >= 11 is 0. The third-order valence-electron chi connectivity index (χ3n) is 3.48. The van der Waals surface area contributed by atoms with Crippen LogP contribution in [0.15, 0.2) is 18.3 Å². The molecule has 0 unspecified atom stereocenters. The minimum absolute atomic E-state index is 0.0371. The van der Waals surface area contributed by atoms with Crippen LogP contribution in [-0.2, 0) is 0 Å². The van der Waals surface area contributed by atoms with Crippen LogP contribution in [0.1, 0.15) is 19.8 Å². The molecule has 1 aromatic rings. The second kappa shape index (κ2) is 5.30. The molecule has 2 N–H and O–H groups in total. The van der Waals surface area contributed by atoms with Crippen LogP contribution in [0.25, 0.3) is 0 Å². The summed E-state index contributed by atoms with van der Waals surface area (Å²) in [7, 11) is 0. The van der Waals surface area contributed by atoms with E-state index in [1.54, 1.807) is 12.3 Å². The maximum Gasteiger partial charge on any atom is 0.311 e. The molecule has 2 rings (SSSR count). The van der Waals surface area contributed by atoms with Crippen molar-refractivity contribution in [2.75, 3.05) is 25.0 Å². The van der Waals surface area contributed by atoms with Gasteiger partial charge in [0.1, 0.15) is 0 Å².